The molecule has 0 spiro atoms. The fourth-order valence-electron chi connectivity index (χ4n) is 1.42. The minimum atomic E-state index is -0.199. The van der Waals surface area contributed by atoms with E-state index in [1.165, 1.54) is 12.1 Å². The van der Waals surface area contributed by atoms with Crippen LogP contribution in [0.5, 0.6) is 0 Å². The molecular formula is C11H11FN2S. The van der Waals surface area contributed by atoms with E-state index < -0.39 is 0 Å². The molecule has 4 heteroatoms. The number of nitrogens with zero attached hydrogens (tertiary/aromatic N) is 1. The number of benzene rings is 1. The standard InChI is InChI=1S/C11H11FN2S/c1-7-5-8(12)3-4-9(7)10-6-14-11(13-2)15-10/h3-6H,1-2H3,(H,13,14). The molecule has 1 N–H and O–H groups in total. The van der Waals surface area contributed by atoms with E-state index in [9.17, 15) is 4.39 Å². The van der Waals surface area contributed by atoms with Crippen LogP contribution >= 0.6 is 11.3 Å². The molecule has 0 saturated heterocycles. The largest absolute Gasteiger partial charge is 0.365 e. The number of anilines is 1. The zero-order valence-corrected chi connectivity index (χ0v) is 9.36. The van der Waals surface area contributed by atoms with E-state index >= 15 is 0 Å². The van der Waals surface area contributed by atoms with E-state index in [-0.39, 0.29) is 5.82 Å². The SMILES string of the molecule is CNc1ncc(-c2ccc(F)cc2C)s1. The average Bonchev–Trinajstić information content (AvgIpc) is 2.66. The van der Waals surface area contributed by atoms with Gasteiger partial charge >= 0.3 is 0 Å². The lowest BCUT2D eigenvalue weighted by Crippen LogP contribution is -1.83. The number of halogens is 1. The summed E-state index contributed by atoms with van der Waals surface area (Å²) in [6, 6.07) is 4.80. The summed E-state index contributed by atoms with van der Waals surface area (Å²) in [5, 5.41) is 3.85. The maximum atomic E-state index is 12.9. The smallest absolute Gasteiger partial charge is 0.182 e. The van der Waals surface area contributed by atoms with Gasteiger partial charge in [-0.05, 0) is 30.2 Å². The number of aromatic nitrogens is 1. The topological polar surface area (TPSA) is 24.9 Å². The van der Waals surface area contributed by atoms with Crippen molar-refractivity contribution in [3.8, 4) is 10.4 Å². The van der Waals surface area contributed by atoms with Crippen molar-refractivity contribution >= 4 is 16.5 Å². The Hall–Kier alpha value is -1.42. The molecule has 0 radical (unpaired) electrons. The zero-order chi connectivity index (χ0) is 10.8. The number of thiazole rings is 1. The van der Waals surface area contributed by atoms with Crippen LogP contribution in [0.15, 0.2) is 24.4 Å². The van der Waals surface area contributed by atoms with Crippen molar-refractivity contribution in [3.63, 3.8) is 0 Å². The summed E-state index contributed by atoms with van der Waals surface area (Å²) in [6.07, 6.45) is 1.80. The predicted molar refractivity (Wildman–Crippen MR) is 61.8 cm³/mol. The molecule has 0 aliphatic heterocycles. The van der Waals surface area contributed by atoms with Gasteiger partial charge in [-0.1, -0.05) is 17.4 Å². The first-order valence-electron chi connectivity index (χ1n) is 4.61. The van der Waals surface area contributed by atoms with Crippen molar-refractivity contribution in [2.24, 2.45) is 0 Å². The number of hydrogen-bond donors (Lipinski definition) is 1. The summed E-state index contributed by atoms with van der Waals surface area (Å²) in [6.45, 7) is 1.90. The van der Waals surface area contributed by atoms with Gasteiger partial charge in [0.05, 0.1) is 4.88 Å². The van der Waals surface area contributed by atoms with Crippen LogP contribution < -0.4 is 5.32 Å². The van der Waals surface area contributed by atoms with Gasteiger partial charge in [0.1, 0.15) is 5.82 Å². The molecule has 2 aromatic rings. The molecule has 0 bridgehead atoms. The van der Waals surface area contributed by atoms with Crippen LogP contribution in [0.1, 0.15) is 5.56 Å². The fraction of sp³-hybridized carbons (Fsp3) is 0.182. The monoisotopic (exact) mass is 222 g/mol. The van der Waals surface area contributed by atoms with E-state index in [1.807, 2.05) is 14.0 Å². The lowest BCUT2D eigenvalue weighted by molar-refractivity contribution is 0.627. The summed E-state index contributed by atoms with van der Waals surface area (Å²) in [5.74, 6) is -0.199. The normalized spacial score (nSPS) is 10.3. The van der Waals surface area contributed by atoms with E-state index in [4.69, 9.17) is 0 Å². The van der Waals surface area contributed by atoms with Gasteiger partial charge in [0.25, 0.3) is 0 Å². The fourth-order valence-corrected chi connectivity index (χ4v) is 2.28. The van der Waals surface area contributed by atoms with E-state index in [1.54, 1.807) is 23.6 Å². The molecule has 0 aliphatic rings. The Morgan fingerprint density at radius 2 is 2.20 bits per heavy atom. The van der Waals surface area contributed by atoms with Crippen LogP contribution in [-0.2, 0) is 0 Å². The molecule has 1 aromatic heterocycles. The highest BCUT2D eigenvalue weighted by Gasteiger charge is 2.06. The molecule has 78 valence electrons. The predicted octanol–water partition coefficient (Wildman–Crippen LogP) is 3.30. The summed E-state index contributed by atoms with van der Waals surface area (Å²) < 4.78 is 12.9. The first kappa shape index (κ1) is 10.1. The van der Waals surface area contributed by atoms with Gasteiger partial charge in [-0.2, -0.15) is 0 Å². The van der Waals surface area contributed by atoms with Gasteiger partial charge in [-0.25, -0.2) is 9.37 Å². The minimum absolute atomic E-state index is 0.199. The summed E-state index contributed by atoms with van der Waals surface area (Å²) in [4.78, 5) is 5.24. The Labute approximate surface area is 91.8 Å². The maximum absolute atomic E-state index is 12.9. The number of nitrogens with one attached hydrogen (secondary N) is 1. The molecule has 2 nitrogen and oxygen atoms in total. The Kier molecular flexibility index (Phi) is 2.68. The molecule has 1 aromatic carbocycles. The van der Waals surface area contributed by atoms with Crippen LogP contribution in [0.3, 0.4) is 0 Å². The van der Waals surface area contributed by atoms with Crippen molar-refractivity contribution in [2.45, 2.75) is 6.92 Å². The Morgan fingerprint density at radius 3 is 2.80 bits per heavy atom. The summed E-state index contributed by atoms with van der Waals surface area (Å²) >= 11 is 1.56. The number of hydrogen-bond acceptors (Lipinski definition) is 3. The van der Waals surface area contributed by atoms with Crippen molar-refractivity contribution < 1.29 is 4.39 Å². The minimum Gasteiger partial charge on any atom is -0.365 e. The highest BCUT2D eigenvalue weighted by molar-refractivity contribution is 7.18. The average molecular weight is 222 g/mol. The number of aryl methyl sites for hydroxylation is 1. The van der Waals surface area contributed by atoms with Crippen LogP contribution in [0.25, 0.3) is 10.4 Å². The summed E-state index contributed by atoms with van der Waals surface area (Å²) in [5.41, 5.74) is 1.97. The Balaban J connectivity index is 2.44. The molecule has 0 unspecified atom stereocenters. The van der Waals surface area contributed by atoms with Crippen molar-refractivity contribution in [1.82, 2.24) is 4.98 Å². The highest BCUT2D eigenvalue weighted by atomic mass is 32.1. The second-order valence-corrected chi connectivity index (χ2v) is 4.27. The second kappa shape index (κ2) is 3.98. The lowest BCUT2D eigenvalue weighted by atomic mass is 10.1. The second-order valence-electron chi connectivity index (χ2n) is 3.24. The Morgan fingerprint density at radius 1 is 1.40 bits per heavy atom. The van der Waals surface area contributed by atoms with Crippen LogP contribution in [0.4, 0.5) is 9.52 Å². The van der Waals surface area contributed by atoms with Gasteiger partial charge in [0.15, 0.2) is 5.13 Å². The molecule has 2 rings (SSSR count). The molecule has 0 fully saturated rings. The number of rotatable bonds is 2. The molecule has 15 heavy (non-hydrogen) atoms. The summed E-state index contributed by atoms with van der Waals surface area (Å²) in [7, 11) is 1.83. The van der Waals surface area contributed by atoms with Gasteiger partial charge < -0.3 is 5.32 Å². The molecule has 1 heterocycles. The quantitative estimate of drug-likeness (QED) is 0.843. The van der Waals surface area contributed by atoms with Crippen LogP contribution in [0, 0.1) is 12.7 Å². The van der Waals surface area contributed by atoms with Gasteiger partial charge in [0, 0.05) is 13.2 Å². The van der Waals surface area contributed by atoms with Crippen LogP contribution in [0.2, 0.25) is 0 Å². The molecule has 0 saturated carbocycles. The molecule has 0 atom stereocenters. The van der Waals surface area contributed by atoms with Crippen molar-refractivity contribution in [3.05, 3.63) is 35.8 Å². The van der Waals surface area contributed by atoms with Gasteiger partial charge in [-0.15, -0.1) is 0 Å². The molecular weight excluding hydrogens is 211 g/mol. The molecule has 0 aliphatic carbocycles. The van der Waals surface area contributed by atoms with E-state index in [0.717, 1.165) is 21.1 Å². The maximum Gasteiger partial charge on any atom is 0.182 e. The van der Waals surface area contributed by atoms with E-state index in [2.05, 4.69) is 10.3 Å². The van der Waals surface area contributed by atoms with Gasteiger partial charge in [0.2, 0.25) is 0 Å². The third-order valence-electron chi connectivity index (χ3n) is 2.17. The lowest BCUT2D eigenvalue weighted by Gasteiger charge is -2.01. The van der Waals surface area contributed by atoms with Crippen LogP contribution in [-0.4, -0.2) is 12.0 Å². The third kappa shape index (κ3) is 1.99. The van der Waals surface area contributed by atoms with Gasteiger partial charge in [-0.3, -0.25) is 0 Å². The third-order valence-corrected chi connectivity index (χ3v) is 3.22. The van der Waals surface area contributed by atoms with E-state index in [0.29, 0.717) is 0 Å². The van der Waals surface area contributed by atoms with Crippen molar-refractivity contribution in [1.29, 1.82) is 0 Å². The zero-order valence-electron chi connectivity index (χ0n) is 8.54. The Bertz CT molecular complexity index is 479. The van der Waals surface area contributed by atoms with Crippen molar-refractivity contribution in [2.75, 3.05) is 12.4 Å². The first-order chi connectivity index (χ1) is 7.20. The molecule has 0 amide bonds. The first-order valence-corrected chi connectivity index (χ1v) is 5.42. The highest BCUT2D eigenvalue weighted by Crippen LogP contribution is 2.31.